The first-order valence-corrected chi connectivity index (χ1v) is 6.24. The average molecular weight is 216 g/mol. The first kappa shape index (κ1) is 14.9. The third-order valence-electron chi connectivity index (χ3n) is 3.09. The molecule has 0 saturated heterocycles. The van der Waals surface area contributed by atoms with E-state index in [1.807, 2.05) is 13.8 Å². The quantitative estimate of drug-likeness (QED) is 0.563. The highest BCUT2D eigenvalue weighted by Crippen LogP contribution is 2.53. The minimum atomic E-state index is -0.167. The zero-order valence-corrected chi connectivity index (χ0v) is 11.7. The molecule has 0 bridgehead atoms. The van der Waals surface area contributed by atoms with Crippen LogP contribution < -0.4 is 0 Å². The van der Waals surface area contributed by atoms with Crippen molar-refractivity contribution in [3.05, 3.63) is 0 Å². The summed E-state index contributed by atoms with van der Waals surface area (Å²) >= 11 is 0. The third kappa shape index (κ3) is 4.53. The fourth-order valence-corrected chi connectivity index (χ4v) is 3.89. The zero-order valence-electron chi connectivity index (χ0n) is 11.7. The van der Waals surface area contributed by atoms with Crippen molar-refractivity contribution in [2.45, 2.75) is 67.7 Å². The maximum atomic E-state index is 12.9. The van der Waals surface area contributed by atoms with Crippen molar-refractivity contribution in [3.8, 4) is 0 Å². The molecule has 0 aromatic heterocycles. The van der Waals surface area contributed by atoms with E-state index < -0.39 is 0 Å². The Labute approximate surface area is 95.6 Å². The highest BCUT2D eigenvalue weighted by Gasteiger charge is 2.44. The van der Waals surface area contributed by atoms with Gasteiger partial charge in [0.05, 0.1) is 6.67 Å². The fourth-order valence-electron chi connectivity index (χ4n) is 3.89. The van der Waals surface area contributed by atoms with Crippen LogP contribution in [-0.2, 0) is 0 Å². The van der Waals surface area contributed by atoms with E-state index in [0.717, 1.165) is 12.8 Å². The van der Waals surface area contributed by atoms with Gasteiger partial charge >= 0.3 is 0 Å². The van der Waals surface area contributed by atoms with Crippen molar-refractivity contribution in [2.75, 3.05) is 6.67 Å². The van der Waals surface area contributed by atoms with Crippen LogP contribution in [0.2, 0.25) is 0 Å². The third-order valence-corrected chi connectivity index (χ3v) is 3.09. The standard InChI is InChI=1S/C12H23F.C2H6/c1-10(2)6-11(3,4)8-12(5,7-10)9-13;1-2/h6-9H2,1-5H3;1-2H3. The van der Waals surface area contributed by atoms with Gasteiger partial charge in [0.1, 0.15) is 0 Å². The molecule has 1 aliphatic carbocycles. The molecule has 92 valence electrons. The summed E-state index contributed by atoms with van der Waals surface area (Å²) in [4.78, 5) is 0. The molecule has 0 heterocycles. The predicted molar refractivity (Wildman–Crippen MR) is 66.8 cm³/mol. The molecule has 15 heavy (non-hydrogen) atoms. The molecule has 0 aliphatic heterocycles. The Morgan fingerprint density at radius 1 is 0.800 bits per heavy atom. The van der Waals surface area contributed by atoms with E-state index in [1.165, 1.54) is 6.42 Å². The first-order valence-electron chi connectivity index (χ1n) is 6.24. The molecule has 0 aromatic rings. The van der Waals surface area contributed by atoms with Crippen LogP contribution in [0.4, 0.5) is 4.39 Å². The Kier molecular flexibility index (Phi) is 4.82. The van der Waals surface area contributed by atoms with Crippen LogP contribution in [0, 0.1) is 16.2 Å². The highest BCUT2D eigenvalue weighted by molar-refractivity contribution is 4.94. The van der Waals surface area contributed by atoms with Gasteiger partial charge in [0.15, 0.2) is 0 Å². The van der Waals surface area contributed by atoms with E-state index in [0.29, 0.717) is 10.8 Å². The summed E-state index contributed by atoms with van der Waals surface area (Å²) < 4.78 is 12.9. The molecule has 0 aromatic carbocycles. The van der Waals surface area contributed by atoms with E-state index in [2.05, 4.69) is 34.6 Å². The molecule has 0 amide bonds. The molecule has 0 nitrogen and oxygen atoms in total. The molecule has 0 unspecified atom stereocenters. The van der Waals surface area contributed by atoms with Gasteiger partial charge in [0.25, 0.3) is 0 Å². The minimum absolute atomic E-state index is 0.0781. The van der Waals surface area contributed by atoms with E-state index in [9.17, 15) is 4.39 Å². The van der Waals surface area contributed by atoms with E-state index in [1.54, 1.807) is 0 Å². The Hall–Kier alpha value is -0.0700. The molecule has 1 aliphatic rings. The van der Waals surface area contributed by atoms with Gasteiger partial charge in [-0.05, 0) is 35.5 Å². The van der Waals surface area contributed by atoms with Crippen LogP contribution in [0.5, 0.6) is 0 Å². The van der Waals surface area contributed by atoms with Crippen molar-refractivity contribution < 1.29 is 4.39 Å². The maximum Gasteiger partial charge on any atom is 0.0948 e. The van der Waals surface area contributed by atoms with Crippen molar-refractivity contribution in [1.29, 1.82) is 0 Å². The lowest BCUT2D eigenvalue weighted by Crippen LogP contribution is -2.40. The Morgan fingerprint density at radius 3 is 1.40 bits per heavy atom. The summed E-state index contributed by atoms with van der Waals surface area (Å²) in [5.41, 5.74) is 0.538. The predicted octanol–water partition coefficient (Wildman–Crippen LogP) is 5.22. The molecule has 0 radical (unpaired) electrons. The second-order valence-corrected chi connectivity index (χ2v) is 6.80. The van der Waals surface area contributed by atoms with Crippen LogP contribution >= 0.6 is 0 Å². The van der Waals surface area contributed by atoms with Gasteiger partial charge in [-0.2, -0.15) is 0 Å². The largest absolute Gasteiger partial charge is 0.251 e. The lowest BCUT2D eigenvalue weighted by atomic mass is 9.56. The summed E-state index contributed by atoms with van der Waals surface area (Å²) in [5.74, 6) is 0. The molecule has 0 atom stereocenters. The minimum Gasteiger partial charge on any atom is -0.251 e. The molecule has 0 spiro atoms. The topological polar surface area (TPSA) is 0 Å². The van der Waals surface area contributed by atoms with Crippen LogP contribution in [0.1, 0.15) is 67.7 Å². The number of hydrogen-bond donors (Lipinski definition) is 0. The van der Waals surface area contributed by atoms with Crippen LogP contribution in [0.15, 0.2) is 0 Å². The molecule has 1 rings (SSSR count). The van der Waals surface area contributed by atoms with Crippen molar-refractivity contribution >= 4 is 0 Å². The molecule has 1 heteroatoms. The lowest BCUT2D eigenvalue weighted by Gasteiger charge is -2.49. The van der Waals surface area contributed by atoms with E-state index in [4.69, 9.17) is 0 Å². The van der Waals surface area contributed by atoms with Crippen molar-refractivity contribution in [3.63, 3.8) is 0 Å². The number of halogens is 1. The Morgan fingerprint density at radius 2 is 1.13 bits per heavy atom. The average Bonchev–Trinajstić information content (AvgIpc) is 2.01. The Balaban J connectivity index is 0.000000921. The lowest BCUT2D eigenvalue weighted by molar-refractivity contribution is -0.00537. The van der Waals surface area contributed by atoms with Gasteiger partial charge < -0.3 is 0 Å². The second kappa shape index (κ2) is 4.84. The summed E-state index contributed by atoms with van der Waals surface area (Å²) in [6, 6.07) is 0. The Bertz CT molecular complexity index is 176. The SMILES string of the molecule is CC.CC1(C)CC(C)(C)CC(C)(CF)C1. The number of alkyl halides is 1. The summed E-state index contributed by atoms with van der Waals surface area (Å²) in [5, 5.41) is 0. The summed E-state index contributed by atoms with van der Waals surface area (Å²) in [7, 11) is 0. The fraction of sp³-hybridized carbons (Fsp3) is 1.00. The normalized spacial score (nSPS) is 26.4. The van der Waals surface area contributed by atoms with Gasteiger partial charge in [-0.1, -0.05) is 48.5 Å². The molecule has 1 saturated carbocycles. The monoisotopic (exact) mass is 216 g/mol. The van der Waals surface area contributed by atoms with Crippen LogP contribution in [0.25, 0.3) is 0 Å². The second-order valence-electron chi connectivity index (χ2n) is 6.80. The zero-order chi connectivity index (χ0) is 12.3. The smallest absolute Gasteiger partial charge is 0.0948 e. The van der Waals surface area contributed by atoms with Gasteiger partial charge in [-0.3, -0.25) is 4.39 Å². The maximum absolute atomic E-state index is 12.9. The van der Waals surface area contributed by atoms with Crippen molar-refractivity contribution in [1.82, 2.24) is 0 Å². The molecular formula is C14H29F. The molecule has 0 N–H and O–H groups in total. The van der Waals surface area contributed by atoms with Crippen LogP contribution in [-0.4, -0.2) is 6.67 Å². The van der Waals surface area contributed by atoms with E-state index >= 15 is 0 Å². The van der Waals surface area contributed by atoms with Gasteiger partial charge in [-0.25, -0.2) is 0 Å². The van der Waals surface area contributed by atoms with Gasteiger partial charge in [0, 0.05) is 0 Å². The van der Waals surface area contributed by atoms with Crippen LogP contribution in [0.3, 0.4) is 0 Å². The summed E-state index contributed by atoms with van der Waals surface area (Å²) in [6.07, 6.45) is 3.27. The number of hydrogen-bond acceptors (Lipinski definition) is 0. The first-order chi connectivity index (χ1) is 6.68. The van der Waals surface area contributed by atoms with E-state index in [-0.39, 0.29) is 12.1 Å². The highest BCUT2D eigenvalue weighted by atomic mass is 19.1. The molecule has 1 fully saturated rings. The number of rotatable bonds is 1. The van der Waals surface area contributed by atoms with Crippen molar-refractivity contribution in [2.24, 2.45) is 16.2 Å². The summed E-state index contributed by atoms with van der Waals surface area (Å²) in [6.45, 7) is 15.0. The van der Waals surface area contributed by atoms with Gasteiger partial charge in [-0.15, -0.1) is 0 Å². The van der Waals surface area contributed by atoms with Gasteiger partial charge in [0.2, 0.25) is 0 Å². The molecular weight excluding hydrogens is 187 g/mol.